The summed E-state index contributed by atoms with van der Waals surface area (Å²) in [4.78, 5) is 50.0. The van der Waals surface area contributed by atoms with Crippen LogP contribution >= 0.6 is 0 Å². The second-order valence-corrected chi connectivity index (χ2v) is 10.9. The van der Waals surface area contributed by atoms with Crippen molar-refractivity contribution in [1.29, 1.82) is 0 Å². The van der Waals surface area contributed by atoms with Crippen LogP contribution in [0.2, 0.25) is 0 Å². The van der Waals surface area contributed by atoms with Gasteiger partial charge in [0.15, 0.2) is 0 Å². The van der Waals surface area contributed by atoms with Gasteiger partial charge in [-0.05, 0) is 85.3 Å². The minimum Gasteiger partial charge on any atom is -0.444 e. The maximum absolute atomic E-state index is 13.1. The van der Waals surface area contributed by atoms with Gasteiger partial charge in [-0.1, -0.05) is 18.2 Å². The van der Waals surface area contributed by atoms with Gasteiger partial charge in [0.25, 0.3) is 0 Å². The number of aryl methyl sites for hydroxylation is 1. The molecule has 1 aliphatic heterocycles. The van der Waals surface area contributed by atoms with Gasteiger partial charge in [0.2, 0.25) is 11.8 Å². The molecule has 36 heavy (non-hydrogen) atoms. The normalized spacial score (nSPS) is 16.5. The molecule has 4 N–H and O–H groups in total. The van der Waals surface area contributed by atoms with Crippen LogP contribution in [0.3, 0.4) is 0 Å². The van der Waals surface area contributed by atoms with Gasteiger partial charge in [-0.25, -0.2) is 9.59 Å². The first-order chi connectivity index (χ1) is 16.7. The van der Waals surface area contributed by atoms with Gasteiger partial charge in [0.1, 0.15) is 23.3 Å². The molecule has 10 heteroatoms. The maximum atomic E-state index is 13.1. The number of anilines is 1. The zero-order valence-corrected chi connectivity index (χ0v) is 22.2. The third-order valence-corrected chi connectivity index (χ3v) is 5.21. The van der Waals surface area contributed by atoms with E-state index in [1.807, 2.05) is 24.3 Å². The number of benzene rings is 1. The van der Waals surface area contributed by atoms with Crippen LogP contribution in [-0.2, 0) is 25.5 Å². The fourth-order valence-electron chi connectivity index (χ4n) is 3.62. The number of alkyl carbamates (subject to hydrolysis) is 2. The molecule has 2 rings (SSSR count). The van der Waals surface area contributed by atoms with E-state index in [2.05, 4.69) is 21.3 Å². The molecule has 2 atom stereocenters. The van der Waals surface area contributed by atoms with E-state index in [-0.39, 0.29) is 5.91 Å². The van der Waals surface area contributed by atoms with Crippen LogP contribution < -0.4 is 21.3 Å². The summed E-state index contributed by atoms with van der Waals surface area (Å²) in [5.41, 5.74) is 0.426. The Kier molecular flexibility index (Phi) is 10.1. The summed E-state index contributed by atoms with van der Waals surface area (Å²) < 4.78 is 10.5. The predicted molar refractivity (Wildman–Crippen MR) is 137 cm³/mol. The molecule has 1 aromatic rings. The molecule has 0 aromatic heterocycles. The summed E-state index contributed by atoms with van der Waals surface area (Å²) in [6.45, 7) is 10.9. The number of nitrogens with one attached hydrogen (secondary N) is 4. The van der Waals surface area contributed by atoms with Crippen molar-refractivity contribution in [2.45, 2.75) is 96.9 Å². The summed E-state index contributed by atoms with van der Waals surface area (Å²) in [5.74, 6) is -0.766. The van der Waals surface area contributed by atoms with Crippen LogP contribution in [0.15, 0.2) is 24.3 Å². The molecule has 0 saturated carbocycles. The molecule has 0 spiro atoms. The van der Waals surface area contributed by atoms with Gasteiger partial charge in [-0.2, -0.15) is 0 Å². The quantitative estimate of drug-likeness (QED) is 0.399. The SMILES string of the molecule is CC(C)(C)OC(=O)NCCCC[C@H](NC(=O)OC(C)(C)C)C(=O)NC1CCc2ccccc2NC1=O. The lowest BCUT2D eigenvalue weighted by molar-refractivity contribution is -0.128. The Morgan fingerprint density at radius 3 is 2.31 bits per heavy atom. The molecule has 1 heterocycles. The fraction of sp³-hybridized carbons (Fsp3) is 0.615. The number of para-hydroxylation sites is 1. The lowest BCUT2D eigenvalue weighted by Gasteiger charge is -2.25. The second kappa shape index (κ2) is 12.6. The predicted octanol–water partition coefficient (Wildman–Crippen LogP) is 3.64. The Balaban J connectivity index is 1.95. The first kappa shape index (κ1) is 28.9. The number of ether oxygens (including phenoxy) is 2. The van der Waals surface area contributed by atoms with E-state index in [0.29, 0.717) is 38.6 Å². The van der Waals surface area contributed by atoms with Crippen molar-refractivity contribution in [1.82, 2.24) is 16.0 Å². The van der Waals surface area contributed by atoms with Gasteiger partial charge < -0.3 is 30.7 Å². The number of carbonyl (C=O) groups excluding carboxylic acids is 4. The Hall–Kier alpha value is -3.30. The van der Waals surface area contributed by atoms with Crippen molar-refractivity contribution >= 4 is 29.7 Å². The molecule has 4 amide bonds. The summed E-state index contributed by atoms with van der Waals surface area (Å²) in [5, 5.41) is 10.9. The van der Waals surface area contributed by atoms with Crippen LogP contribution in [0.25, 0.3) is 0 Å². The molecule has 0 aliphatic carbocycles. The second-order valence-electron chi connectivity index (χ2n) is 10.9. The number of fused-ring (bicyclic) bond motifs is 1. The van der Waals surface area contributed by atoms with E-state index in [1.54, 1.807) is 41.5 Å². The van der Waals surface area contributed by atoms with Crippen LogP contribution in [-0.4, -0.2) is 53.8 Å². The van der Waals surface area contributed by atoms with Crippen molar-refractivity contribution < 1.29 is 28.7 Å². The molecular formula is C26H40N4O6. The summed E-state index contributed by atoms with van der Waals surface area (Å²) in [7, 11) is 0. The molecular weight excluding hydrogens is 464 g/mol. The van der Waals surface area contributed by atoms with E-state index >= 15 is 0 Å². The Morgan fingerprint density at radius 2 is 1.64 bits per heavy atom. The Bertz CT molecular complexity index is 935. The van der Waals surface area contributed by atoms with Gasteiger partial charge in [-0.3, -0.25) is 9.59 Å². The number of unbranched alkanes of at least 4 members (excludes halogenated alkanes) is 1. The van der Waals surface area contributed by atoms with Crippen molar-refractivity contribution in [2.24, 2.45) is 0 Å². The number of hydrogen-bond acceptors (Lipinski definition) is 6. The minimum absolute atomic E-state index is 0.300. The molecule has 1 unspecified atom stereocenters. The molecule has 1 aromatic carbocycles. The van der Waals surface area contributed by atoms with Crippen molar-refractivity contribution in [3.63, 3.8) is 0 Å². The average Bonchev–Trinajstić information content (AvgIpc) is 2.88. The smallest absolute Gasteiger partial charge is 0.408 e. The lowest BCUT2D eigenvalue weighted by atomic mass is 10.0. The minimum atomic E-state index is -0.903. The van der Waals surface area contributed by atoms with Gasteiger partial charge in [0, 0.05) is 12.2 Å². The van der Waals surface area contributed by atoms with Gasteiger partial charge in [0.05, 0.1) is 0 Å². The first-order valence-corrected chi connectivity index (χ1v) is 12.4. The van der Waals surface area contributed by atoms with Crippen LogP contribution in [0, 0.1) is 0 Å². The molecule has 0 saturated heterocycles. The van der Waals surface area contributed by atoms with E-state index in [9.17, 15) is 19.2 Å². The van der Waals surface area contributed by atoms with Gasteiger partial charge >= 0.3 is 12.2 Å². The van der Waals surface area contributed by atoms with Crippen LogP contribution in [0.5, 0.6) is 0 Å². The lowest BCUT2D eigenvalue weighted by Crippen LogP contribution is -2.53. The number of rotatable bonds is 8. The topological polar surface area (TPSA) is 135 Å². The highest BCUT2D eigenvalue weighted by atomic mass is 16.6. The Labute approximate surface area is 213 Å². The van der Waals surface area contributed by atoms with E-state index < -0.39 is 41.4 Å². The summed E-state index contributed by atoms with van der Waals surface area (Å²) >= 11 is 0. The first-order valence-electron chi connectivity index (χ1n) is 12.4. The zero-order valence-electron chi connectivity index (χ0n) is 22.2. The van der Waals surface area contributed by atoms with Crippen LogP contribution in [0.4, 0.5) is 15.3 Å². The van der Waals surface area contributed by atoms with Crippen molar-refractivity contribution in [3.8, 4) is 0 Å². The summed E-state index contributed by atoms with van der Waals surface area (Å²) in [6.07, 6.45) is 1.24. The molecule has 200 valence electrons. The molecule has 0 bridgehead atoms. The van der Waals surface area contributed by atoms with E-state index in [4.69, 9.17) is 9.47 Å². The van der Waals surface area contributed by atoms with Crippen LogP contribution in [0.1, 0.15) is 72.8 Å². The summed E-state index contributed by atoms with van der Waals surface area (Å²) in [6, 6.07) is 5.88. The highest BCUT2D eigenvalue weighted by molar-refractivity contribution is 5.99. The number of hydrogen-bond donors (Lipinski definition) is 4. The molecule has 0 fully saturated rings. The molecule has 1 aliphatic rings. The third kappa shape index (κ3) is 10.5. The van der Waals surface area contributed by atoms with Crippen molar-refractivity contribution in [3.05, 3.63) is 29.8 Å². The molecule has 0 radical (unpaired) electrons. The maximum Gasteiger partial charge on any atom is 0.408 e. The third-order valence-electron chi connectivity index (χ3n) is 5.21. The fourth-order valence-corrected chi connectivity index (χ4v) is 3.62. The highest BCUT2D eigenvalue weighted by Gasteiger charge is 2.30. The molecule has 10 nitrogen and oxygen atoms in total. The number of carbonyl (C=O) groups is 4. The Morgan fingerprint density at radius 1 is 1.00 bits per heavy atom. The highest BCUT2D eigenvalue weighted by Crippen LogP contribution is 2.21. The average molecular weight is 505 g/mol. The zero-order chi connectivity index (χ0) is 26.9. The van der Waals surface area contributed by atoms with Gasteiger partial charge in [-0.15, -0.1) is 0 Å². The largest absolute Gasteiger partial charge is 0.444 e. The monoisotopic (exact) mass is 504 g/mol. The van der Waals surface area contributed by atoms with E-state index in [0.717, 1.165) is 11.3 Å². The van der Waals surface area contributed by atoms with E-state index in [1.165, 1.54) is 0 Å². The standard InChI is InChI=1S/C26H40N4O6/c1-25(2,3)35-23(33)27-16-10-9-13-19(30-24(34)36-26(4,5)6)21(31)29-20-15-14-17-11-7-8-12-18(17)28-22(20)32/h7-8,11-12,19-20H,9-10,13-16H2,1-6H3,(H,27,33)(H,28,32)(H,29,31)(H,30,34)/t19-,20?/m0/s1. The number of amides is 4. The van der Waals surface area contributed by atoms with Crippen molar-refractivity contribution in [2.75, 3.05) is 11.9 Å².